The number of nitrogens with zero attached hydrogens (tertiary/aromatic N) is 8. The molecule has 214 valence electrons. The van der Waals surface area contributed by atoms with Crippen molar-refractivity contribution in [3.63, 3.8) is 0 Å². The van der Waals surface area contributed by atoms with Crippen molar-refractivity contribution in [2.45, 2.75) is 32.2 Å². The molecule has 0 N–H and O–H groups in total. The number of aromatic nitrogens is 4. The van der Waals surface area contributed by atoms with Gasteiger partial charge in [0.2, 0.25) is 5.91 Å². The van der Waals surface area contributed by atoms with Crippen LogP contribution in [0.2, 0.25) is 0 Å². The Morgan fingerprint density at radius 1 is 1.17 bits per heavy atom. The Morgan fingerprint density at radius 3 is 2.64 bits per heavy atom. The Hall–Kier alpha value is -4.01. The van der Waals surface area contributed by atoms with Gasteiger partial charge in [0.05, 0.1) is 35.8 Å². The van der Waals surface area contributed by atoms with Crippen LogP contribution < -0.4 is 9.80 Å². The van der Waals surface area contributed by atoms with Crippen LogP contribution in [-0.4, -0.2) is 77.0 Å². The molecular formula is C31H32N8O2S. The molecule has 3 aliphatic heterocycles. The number of fused-ring (bicyclic) bond motifs is 1. The number of rotatable bonds is 6. The average molecular weight is 581 g/mol. The number of nitriles is 1. The third kappa shape index (κ3) is 4.15. The van der Waals surface area contributed by atoms with Gasteiger partial charge in [-0.25, -0.2) is 14.6 Å². The van der Waals surface area contributed by atoms with Crippen molar-refractivity contribution in [1.82, 2.24) is 24.6 Å². The summed E-state index contributed by atoms with van der Waals surface area (Å²) in [7, 11) is 2.01. The van der Waals surface area contributed by atoms with Gasteiger partial charge < -0.3 is 19.4 Å². The highest BCUT2D eigenvalue weighted by atomic mass is 32.1. The number of hydrogen-bond donors (Lipinski definition) is 0. The van der Waals surface area contributed by atoms with Crippen LogP contribution in [0.15, 0.2) is 36.5 Å². The molecule has 1 saturated carbocycles. The molecule has 10 nitrogen and oxygen atoms in total. The SMILES string of the molecule is Cc1ccc(-c2nc(N(C)c3c4cc(N5CC6(CN(C(=O)[C@H]7CCOC7)C6)C5)cnc4nn3C3CC3)sc2C#N)cc1. The number of carbonyl (C=O) groups is 1. The molecular weight excluding hydrogens is 548 g/mol. The van der Waals surface area contributed by atoms with Crippen LogP contribution in [0.5, 0.6) is 0 Å². The summed E-state index contributed by atoms with van der Waals surface area (Å²) in [5.41, 5.74) is 4.80. The maximum atomic E-state index is 12.8. The lowest BCUT2D eigenvalue weighted by molar-refractivity contribution is -0.149. The highest BCUT2D eigenvalue weighted by Gasteiger charge is 2.54. The summed E-state index contributed by atoms with van der Waals surface area (Å²) in [6, 6.07) is 13.0. The van der Waals surface area contributed by atoms with E-state index in [1.165, 1.54) is 16.9 Å². The fourth-order valence-electron chi connectivity index (χ4n) is 6.62. The number of carbonyl (C=O) groups excluding carboxylic acids is 1. The zero-order chi connectivity index (χ0) is 28.6. The number of likely N-dealkylation sites (tertiary alicyclic amines) is 1. The van der Waals surface area contributed by atoms with Gasteiger partial charge in [0.25, 0.3) is 0 Å². The lowest BCUT2D eigenvalue weighted by Crippen LogP contribution is -2.73. The van der Waals surface area contributed by atoms with Crippen molar-refractivity contribution in [2.24, 2.45) is 11.3 Å². The molecule has 8 rings (SSSR count). The summed E-state index contributed by atoms with van der Waals surface area (Å²) in [5, 5.41) is 16.6. The molecule has 1 aliphatic carbocycles. The summed E-state index contributed by atoms with van der Waals surface area (Å²) in [4.78, 5) is 29.5. The number of benzene rings is 1. The Balaban J connectivity index is 1.06. The van der Waals surface area contributed by atoms with E-state index in [0.717, 1.165) is 78.7 Å². The Bertz CT molecular complexity index is 1730. The van der Waals surface area contributed by atoms with E-state index in [9.17, 15) is 10.1 Å². The normalized spacial score (nSPS) is 20.9. The van der Waals surface area contributed by atoms with E-state index in [2.05, 4.69) is 33.5 Å². The predicted molar refractivity (Wildman–Crippen MR) is 161 cm³/mol. The van der Waals surface area contributed by atoms with Gasteiger partial charge in [-0.05, 0) is 32.3 Å². The average Bonchev–Trinajstić information content (AvgIpc) is 3.34. The number of hydrogen-bond acceptors (Lipinski definition) is 9. The van der Waals surface area contributed by atoms with Gasteiger partial charge in [0.15, 0.2) is 10.8 Å². The van der Waals surface area contributed by atoms with E-state index >= 15 is 0 Å². The molecule has 3 saturated heterocycles. The highest BCUT2D eigenvalue weighted by Crippen LogP contribution is 2.46. The van der Waals surface area contributed by atoms with Crippen molar-refractivity contribution >= 4 is 44.9 Å². The number of thiazole rings is 1. The van der Waals surface area contributed by atoms with Crippen LogP contribution in [-0.2, 0) is 9.53 Å². The second kappa shape index (κ2) is 9.51. The van der Waals surface area contributed by atoms with Crippen molar-refractivity contribution in [2.75, 3.05) is 56.2 Å². The molecule has 6 heterocycles. The van der Waals surface area contributed by atoms with Crippen LogP contribution in [0.3, 0.4) is 0 Å². The number of anilines is 3. The van der Waals surface area contributed by atoms with Crippen molar-refractivity contribution in [3.8, 4) is 17.3 Å². The first-order valence-corrected chi connectivity index (χ1v) is 15.4. The number of pyridine rings is 1. The second-order valence-electron chi connectivity index (χ2n) is 12.4. The fourth-order valence-corrected chi connectivity index (χ4v) is 7.47. The zero-order valence-electron chi connectivity index (χ0n) is 23.8. The number of aryl methyl sites for hydroxylation is 1. The quantitative estimate of drug-likeness (QED) is 0.328. The largest absolute Gasteiger partial charge is 0.381 e. The molecule has 1 amide bonds. The van der Waals surface area contributed by atoms with Crippen LogP contribution in [0, 0.1) is 29.6 Å². The zero-order valence-corrected chi connectivity index (χ0v) is 24.6. The Kier molecular flexibility index (Phi) is 5.81. The van der Waals surface area contributed by atoms with Gasteiger partial charge >= 0.3 is 0 Å². The van der Waals surface area contributed by atoms with E-state index in [-0.39, 0.29) is 17.2 Å². The third-order valence-electron chi connectivity index (χ3n) is 9.11. The summed E-state index contributed by atoms with van der Waals surface area (Å²) in [6.07, 6.45) is 4.95. The number of ether oxygens (including phenoxy) is 1. The van der Waals surface area contributed by atoms with E-state index in [0.29, 0.717) is 29.8 Å². The van der Waals surface area contributed by atoms with Crippen molar-refractivity contribution in [3.05, 3.63) is 47.0 Å². The molecule has 42 heavy (non-hydrogen) atoms. The lowest BCUT2D eigenvalue weighted by atomic mass is 9.72. The summed E-state index contributed by atoms with van der Waals surface area (Å²) < 4.78 is 7.52. The molecule has 11 heteroatoms. The van der Waals surface area contributed by atoms with Crippen molar-refractivity contribution in [1.29, 1.82) is 5.26 Å². The lowest BCUT2D eigenvalue weighted by Gasteiger charge is -2.61. The maximum absolute atomic E-state index is 12.8. The molecule has 4 aromatic rings. The smallest absolute Gasteiger partial charge is 0.228 e. The predicted octanol–water partition coefficient (Wildman–Crippen LogP) is 4.52. The standard InChI is InChI=1S/C31H32N8O2S/c1-19-3-5-20(6-4-19)26-25(12-32)42-30(34-26)36(2)28-24-11-23(13-33-27(24)35-39(28)22-7-8-22)37-15-31(16-37)17-38(18-31)29(40)21-9-10-41-14-21/h3-6,11,13,21-22H,7-10,14-18H2,1-2H3/t21-/m0/s1. The minimum absolute atomic E-state index is 0.0404. The monoisotopic (exact) mass is 580 g/mol. The first kappa shape index (κ1) is 25.7. The highest BCUT2D eigenvalue weighted by molar-refractivity contribution is 7.16. The van der Waals surface area contributed by atoms with E-state index in [1.54, 1.807) is 0 Å². The summed E-state index contributed by atoms with van der Waals surface area (Å²) in [6.45, 7) is 6.82. The fraction of sp³-hybridized carbons (Fsp3) is 0.452. The van der Waals surface area contributed by atoms with Gasteiger partial charge in [-0.3, -0.25) is 4.79 Å². The minimum atomic E-state index is 0.0404. The van der Waals surface area contributed by atoms with Crippen LogP contribution >= 0.6 is 11.3 Å². The van der Waals surface area contributed by atoms with Crippen LogP contribution in [0.25, 0.3) is 22.3 Å². The molecule has 4 aliphatic rings. The molecule has 1 atom stereocenters. The Morgan fingerprint density at radius 2 is 1.95 bits per heavy atom. The van der Waals surface area contributed by atoms with Crippen molar-refractivity contribution < 1.29 is 9.53 Å². The van der Waals surface area contributed by atoms with Crippen LogP contribution in [0.4, 0.5) is 16.6 Å². The molecule has 3 aromatic heterocycles. The van der Waals surface area contributed by atoms with Gasteiger partial charge in [0, 0.05) is 50.8 Å². The van der Waals surface area contributed by atoms with Gasteiger partial charge in [-0.1, -0.05) is 41.2 Å². The maximum Gasteiger partial charge on any atom is 0.228 e. The summed E-state index contributed by atoms with van der Waals surface area (Å²) in [5.74, 6) is 1.26. The molecule has 1 aromatic carbocycles. The molecule has 4 fully saturated rings. The number of amides is 1. The molecule has 0 bridgehead atoms. The molecule has 0 radical (unpaired) electrons. The van der Waals surface area contributed by atoms with Gasteiger partial charge in [-0.15, -0.1) is 0 Å². The topological polar surface area (TPSA) is 103 Å². The minimum Gasteiger partial charge on any atom is -0.381 e. The first-order valence-electron chi connectivity index (χ1n) is 14.6. The van der Waals surface area contributed by atoms with Gasteiger partial charge in [-0.2, -0.15) is 10.4 Å². The second-order valence-corrected chi connectivity index (χ2v) is 13.4. The molecule has 1 spiro atoms. The van der Waals surface area contributed by atoms with Crippen LogP contribution in [0.1, 0.15) is 35.7 Å². The third-order valence-corrected chi connectivity index (χ3v) is 10.1. The Labute approximate surface area is 248 Å². The van der Waals surface area contributed by atoms with E-state index in [1.807, 2.05) is 42.4 Å². The summed E-state index contributed by atoms with van der Waals surface area (Å²) >= 11 is 1.40. The van der Waals surface area contributed by atoms with Gasteiger partial charge in [0.1, 0.15) is 22.5 Å². The van der Waals surface area contributed by atoms with E-state index in [4.69, 9.17) is 19.8 Å². The first-order chi connectivity index (χ1) is 20.4. The van der Waals surface area contributed by atoms with E-state index < -0.39 is 0 Å². The molecule has 0 unspecified atom stereocenters.